The maximum atomic E-state index is 11.1. The van der Waals surface area contributed by atoms with Gasteiger partial charge in [0.2, 0.25) is 0 Å². The Balaban J connectivity index is 1.81. The number of allylic oxidation sites excluding steroid dienone is 2. The molecule has 0 amide bonds. The van der Waals surface area contributed by atoms with Crippen molar-refractivity contribution >= 4 is 11.4 Å². The van der Waals surface area contributed by atoms with Crippen LogP contribution in [-0.4, -0.2) is 4.92 Å². The summed E-state index contributed by atoms with van der Waals surface area (Å²) >= 11 is 0. The number of nitro groups is 1. The average molecular weight is 320 g/mol. The smallest absolute Gasteiger partial charge is 0.269 e. The van der Waals surface area contributed by atoms with E-state index in [9.17, 15) is 10.1 Å². The highest BCUT2D eigenvalue weighted by Crippen LogP contribution is 2.51. The lowest BCUT2D eigenvalue weighted by Gasteiger charge is -2.38. The molecule has 0 spiro atoms. The van der Waals surface area contributed by atoms with Crippen LogP contribution in [0.25, 0.3) is 0 Å². The molecule has 4 heteroatoms. The van der Waals surface area contributed by atoms with Crippen LogP contribution in [0, 0.1) is 29.9 Å². The number of fused-ring (bicyclic) bond motifs is 3. The summed E-state index contributed by atoms with van der Waals surface area (Å²) in [6, 6.07) is 11.6. The van der Waals surface area contributed by atoms with Crippen molar-refractivity contribution in [1.82, 2.24) is 0 Å². The molecule has 0 bridgehead atoms. The van der Waals surface area contributed by atoms with Gasteiger partial charge in [-0.2, -0.15) is 0 Å². The fourth-order valence-electron chi connectivity index (χ4n) is 4.23. The van der Waals surface area contributed by atoms with E-state index < -0.39 is 0 Å². The number of benzene rings is 2. The van der Waals surface area contributed by atoms with E-state index in [4.69, 9.17) is 0 Å². The molecule has 1 heterocycles. The molecule has 0 aromatic heterocycles. The first-order chi connectivity index (χ1) is 11.5. The summed E-state index contributed by atoms with van der Waals surface area (Å²) in [7, 11) is 0. The number of aryl methyl sites for hydroxylation is 2. The minimum atomic E-state index is -0.320. The van der Waals surface area contributed by atoms with Crippen molar-refractivity contribution in [2.75, 3.05) is 5.32 Å². The molecule has 0 saturated carbocycles. The van der Waals surface area contributed by atoms with Crippen molar-refractivity contribution in [2.24, 2.45) is 5.92 Å². The Hall–Kier alpha value is -2.62. The third-order valence-corrected chi connectivity index (χ3v) is 5.25. The first kappa shape index (κ1) is 14.9. The van der Waals surface area contributed by atoms with E-state index in [0.717, 1.165) is 12.0 Å². The van der Waals surface area contributed by atoms with Gasteiger partial charge in [-0.3, -0.25) is 10.1 Å². The van der Waals surface area contributed by atoms with Gasteiger partial charge in [-0.1, -0.05) is 42.0 Å². The molecule has 3 atom stereocenters. The second-order valence-corrected chi connectivity index (χ2v) is 6.87. The number of nitro benzene ring substituents is 1. The maximum absolute atomic E-state index is 11.1. The van der Waals surface area contributed by atoms with Gasteiger partial charge in [-0.15, -0.1) is 0 Å². The Morgan fingerprint density at radius 1 is 1.21 bits per heavy atom. The van der Waals surface area contributed by atoms with Crippen molar-refractivity contribution in [1.29, 1.82) is 0 Å². The highest BCUT2D eigenvalue weighted by Gasteiger charge is 2.38. The molecule has 0 saturated heterocycles. The van der Waals surface area contributed by atoms with Crippen molar-refractivity contribution < 1.29 is 4.92 Å². The molecule has 0 fully saturated rings. The minimum absolute atomic E-state index is 0.0961. The number of rotatable bonds is 2. The van der Waals surface area contributed by atoms with Crippen LogP contribution in [0.3, 0.4) is 0 Å². The van der Waals surface area contributed by atoms with Crippen molar-refractivity contribution in [3.05, 3.63) is 80.9 Å². The van der Waals surface area contributed by atoms with Gasteiger partial charge in [0.25, 0.3) is 5.69 Å². The van der Waals surface area contributed by atoms with E-state index in [-0.39, 0.29) is 16.7 Å². The summed E-state index contributed by atoms with van der Waals surface area (Å²) in [4.78, 5) is 10.8. The zero-order valence-electron chi connectivity index (χ0n) is 13.8. The molecule has 0 radical (unpaired) electrons. The zero-order chi connectivity index (χ0) is 16.8. The van der Waals surface area contributed by atoms with Crippen LogP contribution in [0.4, 0.5) is 11.4 Å². The fraction of sp³-hybridized carbons (Fsp3) is 0.300. The van der Waals surface area contributed by atoms with Crippen molar-refractivity contribution in [2.45, 2.75) is 32.2 Å². The lowest BCUT2D eigenvalue weighted by atomic mass is 9.76. The molecular weight excluding hydrogens is 300 g/mol. The molecule has 0 unspecified atom stereocenters. The third-order valence-electron chi connectivity index (χ3n) is 5.25. The predicted molar refractivity (Wildman–Crippen MR) is 95.4 cm³/mol. The predicted octanol–water partition coefficient (Wildman–Crippen LogP) is 5.04. The molecule has 122 valence electrons. The highest BCUT2D eigenvalue weighted by molar-refractivity contribution is 5.65. The SMILES string of the molecule is Cc1cc(C)c2c(c1)[C@@H]1C=CC[C@@H]1[C@H](c1cccc([N+](=O)[O-])c1)N2. The Morgan fingerprint density at radius 3 is 2.83 bits per heavy atom. The molecule has 4 rings (SSSR count). The minimum Gasteiger partial charge on any atom is -0.377 e. The number of hydrogen-bond donors (Lipinski definition) is 1. The quantitative estimate of drug-likeness (QED) is 0.479. The summed E-state index contributed by atoms with van der Waals surface area (Å²) in [5.74, 6) is 0.782. The molecule has 24 heavy (non-hydrogen) atoms. The second-order valence-electron chi connectivity index (χ2n) is 6.87. The van der Waals surface area contributed by atoms with Gasteiger partial charge in [0.05, 0.1) is 11.0 Å². The number of nitrogens with one attached hydrogen (secondary N) is 1. The van der Waals surface area contributed by atoms with Gasteiger partial charge >= 0.3 is 0 Å². The molecule has 1 aliphatic heterocycles. The number of nitrogens with zero attached hydrogens (tertiary/aromatic N) is 1. The normalized spacial score (nSPS) is 24.2. The van der Waals surface area contributed by atoms with Crippen LogP contribution in [0.5, 0.6) is 0 Å². The molecule has 1 N–H and O–H groups in total. The Kier molecular flexibility index (Phi) is 3.41. The number of non-ortho nitro benzene ring substituents is 1. The van der Waals surface area contributed by atoms with Crippen LogP contribution in [0.2, 0.25) is 0 Å². The van der Waals surface area contributed by atoms with Crippen LogP contribution in [0.1, 0.15) is 40.6 Å². The van der Waals surface area contributed by atoms with Crippen molar-refractivity contribution in [3.63, 3.8) is 0 Å². The van der Waals surface area contributed by atoms with Crippen LogP contribution in [0.15, 0.2) is 48.6 Å². The molecule has 2 aromatic rings. The molecule has 4 nitrogen and oxygen atoms in total. The first-order valence-electron chi connectivity index (χ1n) is 8.33. The van der Waals surface area contributed by atoms with E-state index in [0.29, 0.717) is 11.8 Å². The lowest BCUT2D eigenvalue weighted by molar-refractivity contribution is -0.384. The van der Waals surface area contributed by atoms with Gasteiger partial charge in [-0.05, 0) is 42.9 Å². The topological polar surface area (TPSA) is 55.2 Å². The maximum Gasteiger partial charge on any atom is 0.269 e. The molecular formula is C20H20N2O2. The summed E-state index contributed by atoms with van der Waals surface area (Å²) < 4.78 is 0. The second kappa shape index (κ2) is 5.48. The fourth-order valence-corrected chi connectivity index (χ4v) is 4.23. The largest absolute Gasteiger partial charge is 0.377 e. The zero-order valence-corrected chi connectivity index (χ0v) is 13.8. The molecule has 2 aromatic carbocycles. The summed E-state index contributed by atoms with van der Waals surface area (Å²) in [6.45, 7) is 4.26. The summed E-state index contributed by atoms with van der Waals surface area (Å²) in [6.07, 6.45) is 5.54. The van der Waals surface area contributed by atoms with E-state index >= 15 is 0 Å². The van der Waals surface area contributed by atoms with Crippen LogP contribution in [-0.2, 0) is 0 Å². The Labute approximate surface area is 141 Å². The average Bonchev–Trinajstić information content (AvgIpc) is 3.04. The summed E-state index contributed by atoms with van der Waals surface area (Å²) in [5, 5.41) is 14.8. The van der Waals surface area contributed by atoms with E-state index in [2.05, 4.69) is 43.4 Å². The van der Waals surface area contributed by atoms with Crippen molar-refractivity contribution in [3.8, 4) is 0 Å². The highest BCUT2D eigenvalue weighted by atomic mass is 16.6. The third kappa shape index (κ3) is 2.30. The number of hydrogen-bond acceptors (Lipinski definition) is 3. The van der Waals surface area contributed by atoms with Crippen LogP contribution < -0.4 is 5.32 Å². The standard InChI is InChI=1S/C20H20N2O2/c1-12-9-13(2)19-18(10-12)16-7-4-8-17(16)20(21-19)14-5-3-6-15(11-14)22(23)24/h3-7,9-11,16-17,20-21H,8H2,1-2H3/t16-,17+,20+/m1/s1. The first-order valence-corrected chi connectivity index (χ1v) is 8.33. The lowest BCUT2D eigenvalue weighted by Crippen LogP contribution is -2.29. The Morgan fingerprint density at radius 2 is 2.04 bits per heavy atom. The Bertz CT molecular complexity index is 857. The van der Waals surface area contributed by atoms with E-state index in [1.807, 2.05) is 6.07 Å². The van der Waals surface area contributed by atoms with Gasteiger partial charge in [0.15, 0.2) is 0 Å². The number of anilines is 1. The molecule has 1 aliphatic carbocycles. The monoisotopic (exact) mass is 320 g/mol. The summed E-state index contributed by atoms with van der Waals surface area (Å²) in [5.41, 5.74) is 6.20. The molecule has 2 aliphatic rings. The van der Waals surface area contributed by atoms with E-state index in [1.165, 1.54) is 22.4 Å². The van der Waals surface area contributed by atoms with E-state index in [1.54, 1.807) is 18.2 Å². The van der Waals surface area contributed by atoms with Gasteiger partial charge in [0.1, 0.15) is 0 Å². The van der Waals surface area contributed by atoms with Gasteiger partial charge in [0, 0.05) is 23.7 Å². The van der Waals surface area contributed by atoms with Gasteiger partial charge in [-0.25, -0.2) is 0 Å². The van der Waals surface area contributed by atoms with Gasteiger partial charge < -0.3 is 5.32 Å². The van der Waals surface area contributed by atoms with Crippen LogP contribution >= 0.6 is 0 Å².